The molecular formula is C19H14FNO4S2. The zero-order valence-electron chi connectivity index (χ0n) is 13.9. The lowest BCUT2D eigenvalue weighted by molar-refractivity contribution is -0.140. The summed E-state index contributed by atoms with van der Waals surface area (Å²) in [5.74, 6) is -1.48. The first-order valence-corrected chi connectivity index (χ1v) is 9.10. The van der Waals surface area contributed by atoms with Crippen LogP contribution in [0.15, 0.2) is 53.4 Å². The van der Waals surface area contributed by atoms with Crippen molar-refractivity contribution in [2.75, 3.05) is 6.54 Å². The SMILES string of the molecule is O=C(O)CN1C(=O)/C(=C/c2ccccc2OCc2ccccc2F)SC1=S. The number of para-hydroxylation sites is 1. The Labute approximate surface area is 164 Å². The van der Waals surface area contributed by atoms with Crippen LogP contribution in [0.4, 0.5) is 4.39 Å². The van der Waals surface area contributed by atoms with Crippen molar-refractivity contribution in [2.45, 2.75) is 6.61 Å². The average Bonchev–Trinajstić information content (AvgIpc) is 2.89. The highest BCUT2D eigenvalue weighted by Gasteiger charge is 2.33. The predicted octanol–water partition coefficient (Wildman–Crippen LogP) is 3.69. The maximum atomic E-state index is 13.8. The third kappa shape index (κ3) is 4.53. The highest BCUT2D eigenvalue weighted by Crippen LogP contribution is 2.34. The van der Waals surface area contributed by atoms with E-state index >= 15 is 0 Å². The molecule has 1 aliphatic heterocycles. The fraction of sp³-hybridized carbons (Fsp3) is 0.105. The number of carbonyl (C=O) groups is 2. The van der Waals surface area contributed by atoms with E-state index in [1.807, 2.05) is 0 Å². The summed E-state index contributed by atoms with van der Waals surface area (Å²) in [4.78, 5) is 24.6. The van der Waals surface area contributed by atoms with Crippen molar-refractivity contribution in [3.8, 4) is 5.75 Å². The number of halogens is 1. The summed E-state index contributed by atoms with van der Waals surface area (Å²) in [5.41, 5.74) is 1.03. The molecule has 1 fully saturated rings. The first kappa shape index (κ1) is 19.1. The summed E-state index contributed by atoms with van der Waals surface area (Å²) in [5, 5.41) is 8.90. The van der Waals surface area contributed by atoms with Gasteiger partial charge in [0, 0.05) is 11.1 Å². The molecule has 0 unspecified atom stereocenters. The van der Waals surface area contributed by atoms with Crippen molar-refractivity contribution in [2.24, 2.45) is 0 Å². The number of rotatable bonds is 6. The number of benzene rings is 2. The van der Waals surface area contributed by atoms with Gasteiger partial charge in [-0.15, -0.1) is 0 Å². The van der Waals surface area contributed by atoms with Crippen LogP contribution in [-0.4, -0.2) is 32.7 Å². The lowest BCUT2D eigenvalue weighted by atomic mass is 10.1. The Bertz CT molecular complexity index is 945. The molecule has 1 N–H and O–H groups in total. The van der Waals surface area contributed by atoms with Crippen molar-refractivity contribution in [1.82, 2.24) is 4.90 Å². The zero-order valence-corrected chi connectivity index (χ0v) is 15.6. The molecule has 5 nitrogen and oxygen atoms in total. The first-order valence-electron chi connectivity index (χ1n) is 7.88. The first-order chi connectivity index (χ1) is 13.0. The number of hydrogen-bond acceptors (Lipinski definition) is 5. The van der Waals surface area contributed by atoms with Gasteiger partial charge in [-0.2, -0.15) is 0 Å². The highest BCUT2D eigenvalue weighted by molar-refractivity contribution is 8.26. The molecule has 0 radical (unpaired) electrons. The number of thioether (sulfide) groups is 1. The van der Waals surface area contributed by atoms with E-state index in [0.29, 0.717) is 21.8 Å². The van der Waals surface area contributed by atoms with Crippen LogP contribution in [0.5, 0.6) is 5.75 Å². The molecular weight excluding hydrogens is 389 g/mol. The van der Waals surface area contributed by atoms with E-state index in [0.717, 1.165) is 16.7 Å². The highest BCUT2D eigenvalue weighted by atomic mass is 32.2. The summed E-state index contributed by atoms with van der Waals surface area (Å²) in [7, 11) is 0. The van der Waals surface area contributed by atoms with Crippen LogP contribution >= 0.6 is 24.0 Å². The molecule has 0 bridgehead atoms. The monoisotopic (exact) mass is 403 g/mol. The third-order valence-corrected chi connectivity index (χ3v) is 5.09. The third-order valence-electron chi connectivity index (χ3n) is 3.71. The Morgan fingerprint density at radius 3 is 2.67 bits per heavy atom. The topological polar surface area (TPSA) is 66.8 Å². The van der Waals surface area contributed by atoms with E-state index in [-0.39, 0.29) is 16.7 Å². The number of aliphatic carboxylic acids is 1. The molecule has 0 aromatic heterocycles. The van der Waals surface area contributed by atoms with E-state index in [2.05, 4.69) is 0 Å². The van der Waals surface area contributed by atoms with Crippen LogP contribution in [0.25, 0.3) is 6.08 Å². The van der Waals surface area contributed by atoms with Gasteiger partial charge in [0.15, 0.2) is 0 Å². The number of carbonyl (C=O) groups excluding carboxylic acids is 1. The number of ether oxygens (including phenoxy) is 1. The standard InChI is InChI=1S/C19H14FNO4S2/c20-14-7-3-1-6-13(14)11-25-15-8-4-2-5-12(15)9-16-18(24)21(10-17(22)23)19(26)27-16/h1-9H,10-11H2,(H,22,23)/b16-9-. The van der Waals surface area contributed by atoms with Crippen molar-refractivity contribution < 1.29 is 23.8 Å². The summed E-state index contributed by atoms with van der Waals surface area (Å²) >= 11 is 6.12. The van der Waals surface area contributed by atoms with E-state index in [9.17, 15) is 14.0 Å². The minimum atomic E-state index is -1.14. The molecule has 138 valence electrons. The van der Waals surface area contributed by atoms with Crippen LogP contribution in [0.2, 0.25) is 0 Å². The van der Waals surface area contributed by atoms with Gasteiger partial charge in [0.05, 0.1) is 4.91 Å². The van der Waals surface area contributed by atoms with Gasteiger partial charge in [0.25, 0.3) is 5.91 Å². The molecule has 1 saturated heterocycles. The number of carboxylic acid groups (broad SMARTS) is 1. The van der Waals surface area contributed by atoms with Crippen LogP contribution in [0.1, 0.15) is 11.1 Å². The van der Waals surface area contributed by atoms with Crippen LogP contribution < -0.4 is 4.74 Å². The molecule has 27 heavy (non-hydrogen) atoms. The number of thiocarbonyl (C=S) groups is 1. The van der Waals surface area contributed by atoms with Gasteiger partial charge in [0.1, 0.15) is 29.0 Å². The fourth-order valence-corrected chi connectivity index (χ4v) is 3.66. The normalized spacial score (nSPS) is 15.4. The van der Waals surface area contributed by atoms with Crippen molar-refractivity contribution in [3.63, 3.8) is 0 Å². The Kier molecular flexibility index (Phi) is 5.88. The lowest BCUT2D eigenvalue weighted by Crippen LogP contribution is -2.33. The van der Waals surface area contributed by atoms with Gasteiger partial charge in [-0.25, -0.2) is 4.39 Å². The predicted molar refractivity (Wildman–Crippen MR) is 105 cm³/mol. The van der Waals surface area contributed by atoms with Crippen molar-refractivity contribution in [3.05, 3.63) is 70.4 Å². The second-order valence-electron chi connectivity index (χ2n) is 5.58. The van der Waals surface area contributed by atoms with E-state index in [1.165, 1.54) is 6.07 Å². The molecule has 3 rings (SSSR count). The van der Waals surface area contributed by atoms with Gasteiger partial charge in [-0.05, 0) is 18.2 Å². The number of nitrogens with zero attached hydrogens (tertiary/aromatic N) is 1. The van der Waals surface area contributed by atoms with E-state index in [1.54, 1.807) is 48.5 Å². The maximum Gasteiger partial charge on any atom is 0.323 e. The molecule has 8 heteroatoms. The summed E-state index contributed by atoms with van der Waals surface area (Å²) < 4.78 is 19.7. The average molecular weight is 403 g/mol. The Balaban J connectivity index is 1.81. The molecule has 1 heterocycles. The molecule has 0 spiro atoms. The van der Waals surface area contributed by atoms with Gasteiger partial charge in [-0.1, -0.05) is 60.4 Å². The van der Waals surface area contributed by atoms with Crippen LogP contribution in [0, 0.1) is 5.82 Å². The summed E-state index contributed by atoms with van der Waals surface area (Å²) in [6, 6.07) is 13.3. The Morgan fingerprint density at radius 2 is 1.93 bits per heavy atom. The number of carboxylic acids is 1. The smallest absolute Gasteiger partial charge is 0.323 e. The van der Waals surface area contributed by atoms with Crippen LogP contribution in [-0.2, 0) is 16.2 Å². The second kappa shape index (κ2) is 8.32. The van der Waals surface area contributed by atoms with E-state index in [4.69, 9.17) is 22.1 Å². The minimum absolute atomic E-state index is 0.0392. The molecule has 2 aromatic rings. The number of amides is 1. The fourth-order valence-electron chi connectivity index (χ4n) is 2.41. The van der Waals surface area contributed by atoms with Gasteiger partial charge in [-0.3, -0.25) is 14.5 Å². The summed E-state index contributed by atoms with van der Waals surface area (Å²) in [6.07, 6.45) is 1.60. The van der Waals surface area contributed by atoms with E-state index < -0.39 is 18.4 Å². The molecule has 1 aliphatic rings. The molecule has 1 amide bonds. The largest absolute Gasteiger partial charge is 0.488 e. The van der Waals surface area contributed by atoms with Gasteiger partial charge < -0.3 is 9.84 Å². The van der Waals surface area contributed by atoms with Crippen LogP contribution in [0.3, 0.4) is 0 Å². The maximum absolute atomic E-state index is 13.8. The van der Waals surface area contributed by atoms with Gasteiger partial charge >= 0.3 is 5.97 Å². The van der Waals surface area contributed by atoms with Crippen molar-refractivity contribution >= 4 is 46.3 Å². The van der Waals surface area contributed by atoms with Crippen molar-refractivity contribution in [1.29, 1.82) is 0 Å². The quantitative estimate of drug-likeness (QED) is 0.586. The molecule has 2 aromatic carbocycles. The Morgan fingerprint density at radius 1 is 1.22 bits per heavy atom. The minimum Gasteiger partial charge on any atom is -0.488 e. The number of hydrogen-bond donors (Lipinski definition) is 1. The Hall–Kier alpha value is -2.71. The molecule has 0 saturated carbocycles. The molecule has 0 atom stereocenters. The van der Waals surface area contributed by atoms with Gasteiger partial charge in [0.2, 0.25) is 0 Å². The zero-order chi connectivity index (χ0) is 19.4. The lowest BCUT2D eigenvalue weighted by Gasteiger charge is -2.11. The molecule has 0 aliphatic carbocycles. The second-order valence-corrected chi connectivity index (χ2v) is 7.26. The summed E-state index contributed by atoms with van der Waals surface area (Å²) in [6.45, 7) is -0.440.